The summed E-state index contributed by atoms with van der Waals surface area (Å²) in [6, 6.07) is 11.7. The van der Waals surface area contributed by atoms with Gasteiger partial charge in [-0.2, -0.15) is 5.11 Å². The zero-order valence-corrected chi connectivity index (χ0v) is 21.3. The summed E-state index contributed by atoms with van der Waals surface area (Å²) in [6.07, 6.45) is 0. The van der Waals surface area contributed by atoms with Crippen LogP contribution in [-0.2, 0) is 0 Å². The lowest BCUT2D eigenvalue weighted by Gasteiger charge is -2.34. The molecular weight excluding hydrogens is 460 g/mol. The highest BCUT2D eigenvalue weighted by Gasteiger charge is 2.47. The second-order valence-electron chi connectivity index (χ2n) is 9.51. The van der Waals surface area contributed by atoms with E-state index in [0.717, 1.165) is 27.1 Å². The Morgan fingerprint density at radius 3 is 2.71 bits per heavy atom. The molecule has 9 nitrogen and oxygen atoms in total. The number of fused-ring (bicyclic) bond motifs is 1. The molecule has 1 atom stereocenters. The van der Waals surface area contributed by atoms with Crippen LogP contribution in [0, 0.1) is 6.92 Å². The molecule has 1 N–H and O–H groups in total. The molecule has 5 rings (SSSR count). The number of carbonyl (C=O) groups excluding carboxylic acids is 1. The Kier molecular flexibility index (Phi) is 5.94. The zero-order chi connectivity index (χ0) is 24.7. The number of aryl methyl sites for hydroxylation is 1. The molecule has 0 unspecified atom stereocenters. The predicted molar refractivity (Wildman–Crippen MR) is 138 cm³/mol. The van der Waals surface area contributed by atoms with E-state index >= 15 is 0 Å². The first-order chi connectivity index (χ1) is 16.7. The van der Waals surface area contributed by atoms with Gasteiger partial charge < -0.3 is 15.1 Å². The van der Waals surface area contributed by atoms with Gasteiger partial charge in [-0.3, -0.25) is 0 Å². The lowest BCUT2D eigenvalue weighted by atomic mass is 10.0. The predicted octanol–water partition coefficient (Wildman–Crippen LogP) is 4.86. The molecule has 2 aromatic heterocycles. The van der Waals surface area contributed by atoms with Crippen molar-refractivity contribution in [3.8, 4) is 0 Å². The maximum atomic E-state index is 13.5. The summed E-state index contributed by atoms with van der Waals surface area (Å²) < 4.78 is 0.911. The van der Waals surface area contributed by atoms with Gasteiger partial charge in [0.2, 0.25) is 0 Å². The van der Waals surface area contributed by atoms with Crippen molar-refractivity contribution < 1.29 is 4.79 Å². The van der Waals surface area contributed by atoms with E-state index < -0.39 is 5.54 Å². The number of urea groups is 1. The van der Waals surface area contributed by atoms with E-state index in [2.05, 4.69) is 30.4 Å². The first-order valence-electron chi connectivity index (χ1n) is 11.5. The van der Waals surface area contributed by atoms with Crippen molar-refractivity contribution in [1.29, 1.82) is 0 Å². The highest BCUT2D eigenvalue weighted by molar-refractivity contribution is 7.17. The minimum atomic E-state index is -0.626. The van der Waals surface area contributed by atoms with Crippen molar-refractivity contribution in [2.75, 3.05) is 27.2 Å². The molecule has 10 heteroatoms. The largest absolute Gasteiger partial charge is 0.330 e. The maximum absolute atomic E-state index is 13.5. The molecule has 0 aliphatic carbocycles. The lowest BCUT2D eigenvalue weighted by Crippen LogP contribution is -2.51. The number of benzene rings is 1. The molecule has 0 spiro atoms. The van der Waals surface area contributed by atoms with Gasteiger partial charge in [-0.05, 0) is 51.9 Å². The van der Waals surface area contributed by atoms with E-state index in [1.807, 2.05) is 81.5 Å². The number of aromatic nitrogens is 2. The first kappa shape index (κ1) is 23.3. The third kappa shape index (κ3) is 4.35. The first-order valence-corrected chi connectivity index (χ1v) is 12.4. The third-order valence-corrected chi connectivity index (χ3v) is 7.17. The average molecular weight is 489 g/mol. The Hall–Kier alpha value is -3.50. The Balaban J connectivity index is 1.41. The molecule has 2 amide bonds. The fraction of sp³-hybridized carbons (Fsp3) is 0.360. The molecular formula is C25H28N8OS. The Labute approximate surface area is 208 Å². The van der Waals surface area contributed by atoms with Crippen LogP contribution >= 0.6 is 11.3 Å². The third-order valence-electron chi connectivity index (χ3n) is 6.27. The average Bonchev–Trinajstić information content (AvgIpc) is 3.50. The van der Waals surface area contributed by atoms with Gasteiger partial charge in [0, 0.05) is 12.1 Å². The van der Waals surface area contributed by atoms with Crippen LogP contribution in [0.1, 0.15) is 31.3 Å². The van der Waals surface area contributed by atoms with E-state index in [-0.39, 0.29) is 12.1 Å². The van der Waals surface area contributed by atoms with Crippen LogP contribution in [0.4, 0.5) is 10.6 Å². The van der Waals surface area contributed by atoms with Crippen LogP contribution in [-0.4, -0.2) is 64.4 Å². The molecule has 3 aromatic rings. The fourth-order valence-corrected chi connectivity index (χ4v) is 5.27. The number of carbonyl (C=O) groups is 1. The number of azo groups is 1. The summed E-state index contributed by atoms with van der Waals surface area (Å²) >= 11 is 1.55. The van der Waals surface area contributed by atoms with Crippen molar-refractivity contribution in [1.82, 2.24) is 25.1 Å². The van der Waals surface area contributed by atoms with Crippen LogP contribution < -0.4 is 5.32 Å². The number of nitrogens with one attached hydrogen (secondary N) is 1. The van der Waals surface area contributed by atoms with Gasteiger partial charge in [-0.25, -0.2) is 19.8 Å². The molecule has 1 aromatic carbocycles. The van der Waals surface area contributed by atoms with Crippen molar-refractivity contribution in [3.63, 3.8) is 0 Å². The van der Waals surface area contributed by atoms with Gasteiger partial charge in [0.05, 0.1) is 34.0 Å². The molecule has 4 heterocycles. The highest BCUT2D eigenvalue weighted by atomic mass is 32.1. The number of hydrogen-bond donors (Lipinski definition) is 1. The zero-order valence-electron chi connectivity index (χ0n) is 20.5. The number of thiophene rings is 1. The molecule has 2 aliphatic heterocycles. The number of likely N-dealkylation sites (N-methyl/N-ethyl adjacent to an activating group) is 1. The maximum Gasteiger partial charge on any atom is 0.319 e. The SMILES string of the molecule is Cc1nc(N=C2N=NC3=C2CN(C(=O)N[C@H](CN(C)C)c2ccccc2)C3(C)C)c2sccc2n1. The van der Waals surface area contributed by atoms with Gasteiger partial charge in [-0.1, -0.05) is 30.3 Å². The highest BCUT2D eigenvalue weighted by Crippen LogP contribution is 2.40. The minimum Gasteiger partial charge on any atom is -0.330 e. The molecule has 2 aliphatic rings. The molecule has 0 fully saturated rings. The number of amidine groups is 1. The second kappa shape index (κ2) is 8.94. The summed E-state index contributed by atoms with van der Waals surface area (Å²) in [6.45, 7) is 6.90. The number of amides is 2. The Morgan fingerprint density at radius 2 is 1.97 bits per heavy atom. The van der Waals surface area contributed by atoms with Crippen LogP contribution in [0.5, 0.6) is 0 Å². The minimum absolute atomic E-state index is 0.143. The molecule has 0 bridgehead atoms. The number of rotatable bonds is 5. The second-order valence-corrected chi connectivity index (χ2v) is 10.4. The molecule has 35 heavy (non-hydrogen) atoms. The lowest BCUT2D eigenvalue weighted by molar-refractivity contribution is 0.164. The summed E-state index contributed by atoms with van der Waals surface area (Å²) in [5.74, 6) is 1.74. The van der Waals surface area contributed by atoms with Crippen molar-refractivity contribution >= 4 is 39.2 Å². The van der Waals surface area contributed by atoms with E-state index in [4.69, 9.17) is 4.99 Å². The monoisotopic (exact) mass is 488 g/mol. The fourth-order valence-electron chi connectivity index (χ4n) is 4.51. The normalized spacial score (nSPS) is 18.7. The molecule has 0 saturated carbocycles. The standard InChI is InChI=1S/C25H28N8OS/c1-15-26-18-11-12-35-20(18)23(27-15)29-22-17-13-33(25(2,3)21(17)30-31-22)24(34)28-19(14-32(4)5)16-9-7-6-8-10-16/h6-12,19H,13-14H2,1-5H3,(H,28,34)/t19-/m1/s1. The number of nitrogens with zero attached hydrogens (tertiary/aromatic N) is 7. The van der Waals surface area contributed by atoms with E-state index in [1.165, 1.54) is 0 Å². The summed E-state index contributed by atoms with van der Waals surface area (Å²) in [5, 5.41) is 14.0. The number of aliphatic imine (C=N–C) groups is 1. The van der Waals surface area contributed by atoms with Crippen LogP contribution in [0.15, 0.2) is 68.3 Å². The number of hydrogen-bond acceptors (Lipinski definition) is 7. The van der Waals surface area contributed by atoms with Crippen molar-refractivity contribution in [2.24, 2.45) is 15.2 Å². The molecule has 0 radical (unpaired) electrons. The molecule has 0 saturated heterocycles. The van der Waals surface area contributed by atoms with Gasteiger partial charge in [0.25, 0.3) is 0 Å². The van der Waals surface area contributed by atoms with Crippen LogP contribution in [0.2, 0.25) is 0 Å². The Bertz CT molecular complexity index is 1370. The summed E-state index contributed by atoms with van der Waals surface area (Å²) in [4.78, 5) is 31.2. The van der Waals surface area contributed by atoms with E-state index in [0.29, 0.717) is 30.6 Å². The van der Waals surface area contributed by atoms with E-state index in [1.54, 1.807) is 11.3 Å². The summed E-state index contributed by atoms with van der Waals surface area (Å²) in [5.41, 5.74) is 2.93. The van der Waals surface area contributed by atoms with Crippen LogP contribution in [0.3, 0.4) is 0 Å². The van der Waals surface area contributed by atoms with Crippen molar-refractivity contribution in [2.45, 2.75) is 32.4 Å². The van der Waals surface area contributed by atoms with Gasteiger partial charge in [0.1, 0.15) is 5.82 Å². The topological polar surface area (TPSA) is 98.4 Å². The van der Waals surface area contributed by atoms with E-state index in [9.17, 15) is 4.79 Å². The summed E-state index contributed by atoms with van der Waals surface area (Å²) in [7, 11) is 4.00. The Morgan fingerprint density at radius 1 is 1.20 bits per heavy atom. The van der Waals surface area contributed by atoms with Gasteiger partial charge in [-0.15, -0.1) is 16.5 Å². The van der Waals surface area contributed by atoms with Crippen molar-refractivity contribution in [3.05, 3.63) is 64.4 Å². The molecule has 180 valence electrons. The quantitative estimate of drug-likeness (QED) is 0.555. The van der Waals surface area contributed by atoms with Gasteiger partial charge in [0.15, 0.2) is 11.7 Å². The van der Waals surface area contributed by atoms with Crippen LogP contribution in [0.25, 0.3) is 10.2 Å². The smallest absolute Gasteiger partial charge is 0.319 e. The van der Waals surface area contributed by atoms with Gasteiger partial charge >= 0.3 is 6.03 Å².